The SMILES string of the molecule is CCCC1CCN(CC(N)(CO)c2ccccc2)CC1. The molecule has 1 aliphatic heterocycles. The number of hydrogen-bond acceptors (Lipinski definition) is 3. The number of likely N-dealkylation sites (tertiary alicyclic amines) is 1. The van der Waals surface area contributed by atoms with Gasteiger partial charge in [-0.15, -0.1) is 0 Å². The number of rotatable bonds is 6. The lowest BCUT2D eigenvalue weighted by Crippen LogP contribution is -2.52. The molecule has 2 rings (SSSR count). The molecule has 1 fully saturated rings. The zero-order valence-corrected chi connectivity index (χ0v) is 12.6. The molecule has 0 bridgehead atoms. The second-order valence-electron chi connectivity index (χ2n) is 6.19. The Balaban J connectivity index is 1.94. The van der Waals surface area contributed by atoms with E-state index in [0.717, 1.165) is 31.1 Å². The summed E-state index contributed by atoms with van der Waals surface area (Å²) in [6.45, 7) is 5.21. The highest BCUT2D eigenvalue weighted by molar-refractivity contribution is 5.24. The lowest BCUT2D eigenvalue weighted by atomic mass is 9.88. The molecule has 1 aliphatic rings. The molecule has 0 saturated carbocycles. The van der Waals surface area contributed by atoms with E-state index < -0.39 is 5.54 Å². The van der Waals surface area contributed by atoms with Crippen molar-refractivity contribution in [1.29, 1.82) is 0 Å². The van der Waals surface area contributed by atoms with Crippen molar-refractivity contribution < 1.29 is 5.11 Å². The fourth-order valence-corrected chi connectivity index (χ4v) is 3.24. The van der Waals surface area contributed by atoms with Gasteiger partial charge in [0.05, 0.1) is 12.1 Å². The molecular weight excluding hydrogens is 248 g/mol. The van der Waals surface area contributed by atoms with Crippen LogP contribution in [-0.2, 0) is 5.54 Å². The van der Waals surface area contributed by atoms with E-state index in [9.17, 15) is 5.11 Å². The summed E-state index contributed by atoms with van der Waals surface area (Å²) in [7, 11) is 0. The van der Waals surface area contributed by atoms with Gasteiger partial charge in [0.2, 0.25) is 0 Å². The maximum Gasteiger partial charge on any atom is 0.0772 e. The van der Waals surface area contributed by atoms with Gasteiger partial charge in [-0.1, -0.05) is 50.1 Å². The molecule has 1 aromatic rings. The van der Waals surface area contributed by atoms with Crippen molar-refractivity contribution in [2.75, 3.05) is 26.2 Å². The van der Waals surface area contributed by atoms with Gasteiger partial charge in [-0.25, -0.2) is 0 Å². The van der Waals surface area contributed by atoms with Gasteiger partial charge in [-0.3, -0.25) is 0 Å². The minimum atomic E-state index is -0.640. The fraction of sp³-hybridized carbons (Fsp3) is 0.647. The van der Waals surface area contributed by atoms with E-state index in [2.05, 4.69) is 11.8 Å². The highest BCUT2D eigenvalue weighted by atomic mass is 16.3. The normalized spacial score (nSPS) is 20.8. The average molecular weight is 276 g/mol. The molecule has 1 atom stereocenters. The predicted molar refractivity (Wildman–Crippen MR) is 83.5 cm³/mol. The number of hydrogen-bond donors (Lipinski definition) is 2. The van der Waals surface area contributed by atoms with Gasteiger partial charge >= 0.3 is 0 Å². The van der Waals surface area contributed by atoms with Crippen molar-refractivity contribution in [3.63, 3.8) is 0 Å². The largest absolute Gasteiger partial charge is 0.394 e. The maximum absolute atomic E-state index is 9.75. The number of piperidine rings is 1. The van der Waals surface area contributed by atoms with E-state index in [1.54, 1.807) is 0 Å². The summed E-state index contributed by atoms with van der Waals surface area (Å²) in [5.41, 5.74) is 6.84. The summed E-state index contributed by atoms with van der Waals surface area (Å²) >= 11 is 0. The first-order valence-corrected chi connectivity index (χ1v) is 7.85. The third-order valence-corrected chi connectivity index (χ3v) is 4.54. The van der Waals surface area contributed by atoms with Gasteiger partial charge in [0.25, 0.3) is 0 Å². The van der Waals surface area contributed by atoms with E-state index in [4.69, 9.17) is 5.73 Å². The molecule has 3 heteroatoms. The summed E-state index contributed by atoms with van der Waals surface area (Å²) in [6.07, 6.45) is 5.17. The fourth-order valence-electron chi connectivity index (χ4n) is 3.24. The van der Waals surface area contributed by atoms with Crippen LogP contribution in [0.1, 0.15) is 38.2 Å². The third-order valence-electron chi connectivity index (χ3n) is 4.54. The van der Waals surface area contributed by atoms with Crippen LogP contribution in [0.15, 0.2) is 30.3 Å². The van der Waals surface area contributed by atoms with Crippen molar-refractivity contribution in [1.82, 2.24) is 4.90 Å². The van der Waals surface area contributed by atoms with Crippen LogP contribution >= 0.6 is 0 Å². The van der Waals surface area contributed by atoms with Gasteiger partial charge in [0.15, 0.2) is 0 Å². The molecule has 1 aromatic carbocycles. The van der Waals surface area contributed by atoms with Crippen LogP contribution in [0.5, 0.6) is 0 Å². The Bertz CT molecular complexity index is 387. The van der Waals surface area contributed by atoms with E-state index in [-0.39, 0.29) is 6.61 Å². The second kappa shape index (κ2) is 7.21. The van der Waals surface area contributed by atoms with Crippen LogP contribution < -0.4 is 5.73 Å². The average Bonchev–Trinajstić information content (AvgIpc) is 2.50. The highest BCUT2D eigenvalue weighted by Crippen LogP contribution is 2.25. The van der Waals surface area contributed by atoms with Crippen LogP contribution in [0.4, 0.5) is 0 Å². The van der Waals surface area contributed by atoms with Gasteiger partial charge in [-0.05, 0) is 37.4 Å². The minimum absolute atomic E-state index is 0.00803. The first-order chi connectivity index (χ1) is 9.68. The lowest BCUT2D eigenvalue weighted by molar-refractivity contribution is 0.106. The number of nitrogens with two attached hydrogens (primary N) is 1. The Morgan fingerprint density at radius 1 is 1.25 bits per heavy atom. The van der Waals surface area contributed by atoms with E-state index in [1.165, 1.54) is 25.7 Å². The molecule has 1 saturated heterocycles. The molecule has 20 heavy (non-hydrogen) atoms. The molecule has 0 spiro atoms. The molecule has 0 radical (unpaired) electrons. The molecule has 1 heterocycles. The Hall–Kier alpha value is -0.900. The van der Waals surface area contributed by atoms with Crippen molar-refractivity contribution in [2.45, 2.75) is 38.1 Å². The van der Waals surface area contributed by atoms with Crippen LogP contribution in [0.25, 0.3) is 0 Å². The van der Waals surface area contributed by atoms with Gasteiger partial charge < -0.3 is 15.7 Å². The lowest BCUT2D eigenvalue weighted by Gasteiger charge is -2.38. The van der Waals surface area contributed by atoms with E-state index in [0.29, 0.717) is 0 Å². The van der Waals surface area contributed by atoms with Crippen molar-refractivity contribution in [2.24, 2.45) is 11.7 Å². The minimum Gasteiger partial charge on any atom is -0.394 e. The standard InChI is InChI=1S/C17H28N2O/c1-2-6-15-9-11-19(12-10-15)13-17(18,14-20)16-7-4-3-5-8-16/h3-5,7-8,15,20H,2,6,9-14,18H2,1H3. The van der Waals surface area contributed by atoms with Crippen LogP contribution in [-0.4, -0.2) is 36.2 Å². The molecule has 1 unspecified atom stereocenters. The Kier molecular flexibility index (Phi) is 5.58. The summed E-state index contributed by atoms with van der Waals surface area (Å²) < 4.78 is 0. The van der Waals surface area contributed by atoms with Crippen LogP contribution in [0, 0.1) is 5.92 Å². The number of benzene rings is 1. The summed E-state index contributed by atoms with van der Waals surface area (Å²) in [5.74, 6) is 0.884. The van der Waals surface area contributed by atoms with Crippen LogP contribution in [0.2, 0.25) is 0 Å². The van der Waals surface area contributed by atoms with Crippen molar-refractivity contribution in [3.8, 4) is 0 Å². The highest BCUT2D eigenvalue weighted by Gasteiger charge is 2.30. The Labute approximate surface area is 122 Å². The quantitative estimate of drug-likeness (QED) is 0.838. The van der Waals surface area contributed by atoms with Crippen molar-refractivity contribution in [3.05, 3.63) is 35.9 Å². The smallest absolute Gasteiger partial charge is 0.0772 e. The monoisotopic (exact) mass is 276 g/mol. The Morgan fingerprint density at radius 3 is 2.45 bits per heavy atom. The summed E-state index contributed by atoms with van der Waals surface area (Å²) in [5, 5.41) is 9.75. The first-order valence-electron chi connectivity index (χ1n) is 7.85. The van der Waals surface area contributed by atoms with E-state index >= 15 is 0 Å². The molecule has 112 valence electrons. The predicted octanol–water partition coefficient (Wildman–Crippen LogP) is 2.34. The van der Waals surface area contributed by atoms with Gasteiger partial charge in [0, 0.05) is 6.54 Å². The molecule has 0 aromatic heterocycles. The van der Waals surface area contributed by atoms with Gasteiger partial charge in [-0.2, -0.15) is 0 Å². The zero-order valence-electron chi connectivity index (χ0n) is 12.6. The molecule has 3 N–H and O–H groups in total. The molecule has 0 aliphatic carbocycles. The van der Waals surface area contributed by atoms with Crippen molar-refractivity contribution >= 4 is 0 Å². The van der Waals surface area contributed by atoms with Crippen LogP contribution in [0.3, 0.4) is 0 Å². The summed E-state index contributed by atoms with van der Waals surface area (Å²) in [4.78, 5) is 2.41. The van der Waals surface area contributed by atoms with Gasteiger partial charge in [0.1, 0.15) is 0 Å². The molecular formula is C17H28N2O. The van der Waals surface area contributed by atoms with E-state index in [1.807, 2.05) is 30.3 Å². The third kappa shape index (κ3) is 3.81. The Morgan fingerprint density at radius 2 is 1.90 bits per heavy atom. The second-order valence-corrected chi connectivity index (χ2v) is 6.19. The summed E-state index contributed by atoms with van der Waals surface area (Å²) in [6, 6.07) is 9.98. The number of aliphatic hydroxyl groups excluding tert-OH is 1. The molecule has 0 amide bonds. The number of aliphatic hydroxyl groups is 1. The maximum atomic E-state index is 9.75. The number of nitrogens with zero attached hydrogens (tertiary/aromatic N) is 1. The molecule has 3 nitrogen and oxygen atoms in total. The zero-order chi connectivity index (χ0) is 14.4. The topological polar surface area (TPSA) is 49.5 Å². The first kappa shape index (κ1) is 15.5.